The lowest BCUT2D eigenvalue weighted by Gasteiger charge is -1.98. The fraction of sp³-hybridized carbons (Fsp3) is 0.0833. The molecule has 0 aliphatic carbocycles. The van der Waals surface area contributed by atoms with Gasteiger partial charge in [-0.05, 0) is 30.7 Å². The Morgan fingerprint density at radius 1 is 1.39 bits per heavy atom. The molecule has 3 aromatic rings. The van der Waals surface area contributed by atoms with Crippen molar-refractivity contribution in [3.8, 4) is 11.3 Å². The maximum absolute atomic E-state index is 11.0. The molecule has 18 heavy (non-hydrogen) atoms. The summed E-state index contributed by atoms with van der Waals surface area (Å²) in [6.07, 6.45) is 1.66. The number of H-pyrrole nitrogens is 1. The number of carboxylic acids is 1. The van der Waals surface area contributed by atoms with Gasteiger partial charge in [0.2, 0.25) is 0 Å². The number of hydrogen-bond donors (Lipinski definition) is 2. The van der Waals surface area contributed by atoms with Crippen LogP contribution in [-0.4, -0.2) is 26.5 Å². The Hall–Kier alpha value is -2.63. The summed E-state index contributed by atoms with van der Waals surface area (Å²) in [5.41, 5.74) is 2.68. The van der Waals surface area contributed by atoms with E-state index in [1.54, 1.807) is 18.4 Å². The van der Waals surface area contributed by atoms with Crippen molar-refractivity contribution in [3.63, 3.8) is 0 Å². The van der Waals surface area contributed by atoms with Gasteiger partial charge in [-0.3, -0.25) is 0 Å². The first kappa shape index (κ1) is 10.5. The molecule has 0 bridgehead atoms. The summed E-state index contributed by atoms with van der Waals surface area (Å²) >= 11 is 0. The number of aromatic amines is 1. The molecule has 0 saturated carbocycles. The van der Waals surface area contributed by atoms with E-state index in [2.05, 4.69) is 15.4 Å². The van der Waals surface area contributed by atoms with Crippen LogP contribution in [0.4, 0.5) is 0 Å². The van der Waals surface area contributed by atoms with Crippen LogP contribution in [0.2, 0.25) is 0 Å². The Balaban J connectivity index is 2.22. The van der Waals surface area contributed by atoms with Crippen LogP contribution in [0.3, 0.4) is 0 Å². The van der Waals surface area contributed by atoms with Crippen LogP contribution >= 0.6 is 0 Å². The number of fused-ring (bicyclic) bond motifs is 1. The minimum atomic E-state index is -1.11. The zero-order chi connectivity index (χ0) is 12.7. The number of nitrogens with zero attached hydrogens (tertiary/aromatic N) is 2. The molecule has 2 aromatic heterocycles. The van der Waals surface area contributed by atoms with Gasteiger partial charge in [-0.15, -0.1) is 5.10 Å². The highest BCUT2D eigenvalue weighted by Gasteiger charge is 2.17. The van der Waals surface area contributed by atoms with Crippen LogP contribution in [0.5, 0.6) is 0 Å². The lowest BCUT2D eigenvalue weighted by Crippen LogP contribution is -1.99. The van der Waals surface area contributed by atoms with Gasteiger partial charge in [-0.2, -0.15) is 10.3 Å². The second-order valence-corrected chi connectivity index (χ2v) is 3.96. The molecule has 1 aromatic carbocycles. The van der Waals surface area contributed by atoms with Crippen LogP contribution in [0.25, 0.3) is 22.2 Å². The first-order chi connectivity index (χ1) is 8.66. The highest BCUT2D eigenvalue weighted by Crippen LogP contribution is 2.27. The fourth-order valence-corrected chi connectivity index (χ4v) is 1.88. The number of nitrogens with one attached hydrogen (secondary N) is 1. The van der Waals surface area contributed by atoms with Crippen molar-refractivity contribution in [3.05, 3.63) is 35.7 Å². The molecule has 0 spiro atoms. The number of aryl methyl sites for hydroxylation is 1. The molecule has 0 atom stereocenters. The number of carboxylic acid groups (broad SMARTS) is 1. The summed E-state index contributed by atoms with van der Waals surface area (Å²) in [5.74, 6) is -1.11. The van der Waals surface area contributed by atoms with Crippen molar-refractivity contribution in [2.75, 3.05) is 0 Å². The average Bonchev–Trinajstić information content (AvgIpc) is 2.96. The predicted octanol–water partition coefficient (Wildman–Crippen LogP) is 2.22. The summed E-state index contributed by atoms with van der Waals surface area (Å²) in [6.45, 7) is 1.93. The summed E-state index contributed by atoms with van der Waals surface area (Å²) in [5, 5.41) is 19.8. The molecule has 90 valence electrons. The van der Waals surface area contributed by atoms with E-state index < -0.39 is 5.97 Å². The molecule has 3 rings (SSSR count). The van der Waals surface area contributed by atoms with E-state index in [1.165, 1.54) is 0 Å². The van der Waals surface area contributed by atoms with Gasteiger partial charge in [0.25, 0.3) is 0 Å². The zero-order valence-electron chi connectivity index (χ0n) is 9.47. The molecule has 0 unspecified atom stereocenters. The Morgan fingerprint density at radius 3 is 3.00 bits per heavy atom. The van der Waals surface area contributed by atoms with Crippen molar-refractivity contribution in [2.24, 2.45) is 0 Å². The topological polar surface area (TPSA) is 92.0 Å². The summed E-state index contributed by atoms with van der Waals surface area (Å²) in [4.78, 5) is 11.0. The molecule has 2 heterocycles. The van der Waals surface area contributed by atoms with Crippen molar-refractivity contribution in [2.45, 2.75) is 6.92 Å². The molecule has 0 saturated heterocycles. The van der Waals surface area contributed by atoms with Gasteiger partial charge < -0.3 is 9.52 Å². The van der Waals surface area contributed by atoms with Gasteiger partial charge in [0.1, 0.15) is 11.3 Å². The van der Waals surface area contributed by atoms with E-state index in [-0.39, 0.29) is 5.69 Å². The predicted molar refractivity (Wildman–Crippen MR) is 63.3 cm³/mol. The molecule has 0 aliphatic rings. The maximum Gasteiger partial charge on any atom is 0.358 e. The molecule has 6 nitrogen and oxygen atoms in total. The van der Waals surface area contributed by atoms with Crippen LogP contribution < -0.4 is 0 Å². The molecule has 0 aliphatic heterocycles. The van der Waals surface area contributed by atoms with Crippen molar-refractivity contribution < 1.29 is 14.3 Å². The number of furan rings is 1. The second-order valence-electron chi connectivity index (χ2n) is 3.96. The molecule has 6 heteroatoms. The largest absolute Gasteiger partial charge is 0.476 e. The Bertz CT molecular complexity index is 742. The van der Waals surface area contributed by atoms with Gasteiger partial charge in [-0.25, -0.2) is 4.79 Å². The van der Waals surface area contributed by atoms with Crippen molar-refractivity contribution >= 4 is 16.9 Å². The monoisotopic (exact) mass is 243 g/mol. The van der Waals surface area contributed by atoms with Gasteiger partial charge in [0, 0.05) is 10.9 Å². The SMILES string of the molecule is Cc1coc2ccc(-c3n[nH]nc3C(=O)O)cc12. The number of rotatable bonds is 2. The van der Waals surface area contributed by atoms with Gasteiger partial charge in [0.05, 0.1) is 6.26 Å². The van der Waals surface area contributed by atoms with Crippen LogP contribution in [0.15, 0.2) is 28.9 Å². The first-order valence-electron chi connectivity index (χ1n) is 5.29. The third kappa shape index (κ3) is 1.46. The second kappa shape index (κ2) is 3.69. The quantitative estimate of drug-likeness (QED) is 0.720. The minimum absolute atomic E-state index is 0.0875. The molecule has 0 fully saturated rings. The van der Waals surface area contributed by atoms with E-state index in [0.717, 1.165) is 16.5 Å². The minimum Gasteiger partial charge on any atom is -0.476 e. The normalized spacial score (nSPS) is 10.9. The van der Waals surface area contributed by atoms with E-state index in [1.807, 2.05) is 13.0 Å². The molecular weight excluding hydrogens is 234 g/mol. The Labute approximate surface area is 101 Å². The van der Waals surface area contributed by atoms with Gasteiger partial charge >= 0.3 is 5.97 Å². The number of aromatic carboxylic acids is 1. The third-order valence-electron chi connectivity index (χ3n) is 2.79. The van der Waals surface area contributed by atoms with E-state index in [0.29, 0.717) is 11.3 Å². The van der Waals surface area contributed by atoms with Gasteiger partial charge in [-0.1, -0.05) is 0 Å². The molecule has 0 amide bonds. The number of hydrogen-bond acceptors (Lipinski definition) is 4. The van der Waals surface area contributed by atoms with Crippen LogP contribution in [-0.2, 0) is 0 Å². The number of carbonyl (C=O) groups is 1. The summed E-state index contributed by atoms with van der Waals surface area (Å²) in [6, 6.07) is 5.39. The lowest BCUT2D eigenvalue weighted by molar-refractivity contribution is 0.0691. The third-order valence-corrected chi connectivity index (χ3v) is 2.79. The number of aromatic nitrogens is 3. The summed E-state index contributed by atoms with van der Waals surface area (Å²) in [7, 11) is 0. The lowest BCUT2D eigenvalue weighted by atomic mass is 10.1. The van der Waals surface area contributed by atoms with E-state index in [4.69, 9.17) is 9.52 Å². The van der Waals surface area contributed by atoms with Crippen LogP contribution in [0.1, 0.15) is 16.1 Å². The first-order valence-corrected chi connectivity index (χ1v) is 5.29. The highest BCUT2D eigenvalue weighted by atomic mass is 16.4. The Kier molecular flexibility index (Phi) is 2.16. The van der Waals surface area contributed by atoms with E-state index in [9.17, 15) is 4.79 Å². The van der Waals surface area contributed by atoms with Crippen molar-refractivity contribution in [1.82, 2.24) is 15.4 Å². The molecule has 2 N–H and O–H groups in total. The fourth-order valence-electron chi connectivity index (χ4n) is 1.88. The van der Waals surface area contributed by atoms with E-state index >= 15 is 0 Å². The maximum atomic E-state index is 11.0. The van der Waals surface area contributed by atoms with Crippen LogP contribution in [0, 0.1) is 6.92 Å². The van der Waals surface area contributed by atoms with Crippen molar-refractivity contribution in [1.29, 1.82) is 0 Å². The molecule has 0 radical (unpaired) electrons. The smallest absolute Gasteiger partial charge is 0.358 e. The summed E-state index contributed by atoms with van der Waals surface area (Å²) < 4.78 is 5.34. The zero-order valence-corrected chi connectivity index (χ0v) is 9.47. The highest BCUT2D eigenvalue weighted by molar-refractivity contribution is 5.94. The van der Waals surface area contributed by atoms with Gasteiger partial charge in [0.15, 0.2) is 5.69 Å². The standard InChI is InChI=1S/C12H9N3O3/c1-6-5-18-9-3-2-7(4-8(6)9)10-11(12(16)17)14-15-13-10/h2-5H,1H3,(H,16,17)(H,13,14,15). The Morgan fingerprint density at radius 2 is 2.22 bits per heavy atom. The molecular formula is C12H9N3O3. The average molecular weight is 243 g/mol. The number of benzene rings is 1.